The number of rotatable bonds is 4. The van der Waals surface area contributed by atoms with Gasteiger partial charge >= 0.3 is 0 Å². The van der Waals surface area contributed by atoms with Crippen LogP contribution in [0.3, 0.4) is 0 Å². The first-order valence-corrected chi connectivity index (χ1v) is 12.5. The first-order valence-electron chi connectivity index (χ1n) is 12.5. The summed E-state index contributed by atoms with van der Waals surface area (Å²) in [5.41, 5.74) is 3.47. The molecule has 3 aromatic heterocycles. The SMILES string of the molecule is Cc1nc2nc(C3CCOC(c4ccc(=O)n(C)c4)C3)nc(C34CC(C(C)(C)F)(C3)C4)c2nc1C. The lowest BCUT2D eigenvalue weighted by molar-refractivity contribution is -0.220. The van der Waals surface area contributed by atoms with E-state index in [1.165, 1.54) is 0 Å². The molecule has 3 aromatic rings. The molecule has 0 aromatic carbocycles. The van der Waals surface area contributed by atoms with E-state index in [4.69, 9.17) is 24.7 Å². The number of fused-ring (bicyclic) bond motifs is 1. The monoisotopic (exact) mass is 477 g/mol. The highest BCUT2D eigenvalue weighted by Crippen LogP contribution is 2.78. The average Bonchev–Trinajstić information content (AvgIpc) is 2.74. The highest BCUT2D eigenvalue weighted by molar-refractivity contribution is 5.75. The molecule has 0 spiro atoms. The van der Waals surface area contributed by atoms with E-state index < -0.39 is 5.67 Å². The van der Waals surface area contributed by atoms with Crippen LogP contribution in [0.2, 0.25) is 0 Å². The number of hydrogen-bond acceptors (Lipinski definition) is 6. The number of aryl methyl sites for hydroxylation is 3. The number of halogens is 1. The molecule has 2 bridgehead atoms. The summed E-state index contributed by atoms with van der Waals surface area (Å²) in [6, 6.07) is 3.43. The molecule has 4 fully saturated rings. The molecule has 0 N–H and O–H groups in total. The van der Waals surface area contributed by atoms with Gasteiger partial charge in [-0.15, -0.1) is 0 Å². The Morgan fingerprint density at radius 1 is 1.09 bits per heavy atom. The van der Waals surface area contributed by atoms with Gasteiger partial charge in [0, 0.05) is 42.7 Å². The van der Waals surface area contributed by atoms with Gasteiger partial charge in [-0.2, -0.15) is 0 Å². The van der Waals surface area contributed by atoms with Crippen molar-refractivity contribution in [3.8, 4) is 0 Å². The summed E-state index contributed by atoms with van der Waals surface area (Å²) >= 11 is 0. The lowest BCUT2D eigenvalue weighted by atomic mass is 9.31. The first-order chi connectivity index (χ1) is 16.5. The van der Waals surface area contributed by atoms with Crippen LogP contribution in [-0.2, 0) is 17.2 Å². The predicted octanol–water partition coefficient (Wildman–Crippen LogP) is 4.54. The van der Waals surface area contributed by atoms with E-state index in [0.29, 0.717) is 12.3 Å². The second-order valence-corrected chi connectivity index (χ2v) is 11.6. The largest absolute Gasteiger partial charge is 0.373 e. The lowest BCUT2D eigenvalue weighted by Gasteiger charge is -2.73. The quantitative estimate of drug-likeness (QED) is 0.549. The van der Waals surface area contributed by atoms with Crippen molar-refractivity contribution in [1.82, 2.24) is 24.5 Å². The minimum atomic E-state index is -1.19. The molecule has 184 valence electrons. The molecule has 35 heavy (non-hydrogen) atoms. The van der Waals surface area contributed by atoms with Gasteiger partial charge in [0.25, 0.3) is 0 Å². The van der Waals surface area contributed by atoms with E-state index in [2.05, 4.69) is 0 Å². The predicted molar refractivity (Wildman–Crippen MR) is 130 cm³/mol. The van der Waals surface area contributed by atoms with Crippen LogP contribution in [0.4, 0.5) is 4.39 Å². The number of hydrogen-bond donors (Lipinski definition) is 0. The van der Waals surface area contributed by atoms with Crippen molar-refractivity contribution in [2.75, 3.05) is 6.61 Å². The zero-order chi connectivity index (χ0) is 24.8. The lowest BCUT2D eigenvalue weighted by Crippen LogP contribution is -2.71. The molecule has 1 saturated heterocycles. The third kappa shape index (κ3) is 3.36. The molecule has 4 heterocycles. The smallest absolute Gasteiger partial charge is 0.250 e. The second kappa shape index (κ2) is 7.38. The molecule has 2 unspecified atom stereocenters. The normalized spacial score (nSPS) is 30.1. The standard InChI is InChI=1S/C27H32FN5O2/c1-15-16(2)30-24-21(29-15)22(26-12-27(13-26,14-26)25(3,4)28)31-23(32-24)17-8-9-35-19(10-17)18-6-7-20(34)33(5)11-18/h6-7,11,17,19H,8-10,12-14H2,1-5H3. The fourth-order valence-electron chi connectivity index (χ4n) is 6.42. The van der Waals surface area contributed by atoms with Gasteiger partial charge in [0.2, 0.25) is 5.56 Å². The molecule has 1 aliphatic heterocycles. The molecular weight excluding hydrogens is 445 g/mol. The molecule has 3 aliphatic carbocycles. The van der Waals surface area contributed by atoms with Gasteiger partial charge in [0.05, 0.1) is 23.2 Å². The van der Waals surface area contributed by atoms with Crippen LogP contribution < -0.4 is 5.56 Å². The molecule has 3 saturated carbocycles. The first kappa shape index (κ1) is 22.7. The highest BCUT2D eigenvalue weighted by Gasteiger charge is 2.75. The van der Waals surface area contributed by atoms with Crippen molar-refractivity contribution in [3.63, 3.8) is 0 Å². The van der Waals surface area contributed by atoms with Crippen LogP contribution in [0.25, 0.3) is 11.2 Å². The van der Waals surface area contributed by atoms with Gasteiger partial charge in [-0.25, -0.2) is 24.3 Å². The third-order valence-electron chi connectivity index (χ3n) is 8.88. The van der Waals surface area contributed by atoms with Crippen molar-refractivity contribution >= 4 is 11.2 Å². The fraction of sp³-hybridized carbons (Fsp3) is 0.593. The minimum absolute atomic E-state index is 0.0411. The zero-order valence-corrected chi connectivity index (χ0v) is 21.1. The summed E-state index contributed by atoms with van der Waals surface area (Å²) < 4.78 is 22.6. The van der Waals surface area contributed by atoms with E-state index in [1.54, 1.807) is 31.5 Å². The fourth-order valence-corrected chi connectivity index (χ4v) is 6.42. The summed E-state index contributed by atoms with van der Waals surface area (Å²) in [6.45, 7) is 7.92. The number of pyridine rings is 1. The van der Waals surface area contributed by atoms with Crippen LogP contribution >= 0.6 is 0 Å². The van der Waals surface area contributed by atoms with Crippen LogP contribution in [0.5, 0.6) is 0 Å². The van der Waals surface area contributed by atoms with Gasteiger partial charge in [0.1, 0.15) is 17.0 Å². The molecule has 7 rings (SSSR count). The topological polar surface area (TPSA) is 82.8 Å². The molecule has 8 heteroatoms. The summed E-state index contributed by atoms with van der Waals surface area (Å²) in [7, 11) is 1.75. The Hall–Kier alpha value is -2.74. The van der Waals surface area contributed by atoms with E-state index in [0.717, 1.165) is 66.1 Å². The summed E-state index contributed by atoms with van der Waals surface area (Å²) in [5.74, 6) is 0.887. The maximum Gasteiger partial charge on any atom is 0.250 e. The molecule has 0 radical (unpaired) electrons. The van der Waals surface area contributed by atoms with Crippen molar-refractivity contribution in [3.05, 3.63) is 57.2 Å². The molecular formula is C27H32FN5O2. The zero-order valence-electron chi connectivity index (χ0n) is 21.1. The number of ether oxygens (including phenoxy) is 1. The number of aromatic nitrogens is 5. The van der Waals surface area contributed by atoms with Gasteiger partial charge in [-0.05, 0) is 71.4 Å². The second-order valence-electron chi connectivity index (χ2n) is 11.6. The van der Waals surface area contributed by atoms with Crippen molar-refractivity contribution in [2.24, 2.45) is 12.5 Å². The Balaban J connectivity index is 1.38. The summed E-state index contributed by atoms with van der Waals surface area (Å²) in [5, 5.41) is 0. The summed E-state index contributed by atoms with van der Waals surface area (Å²) in [4.78, 5) is 31.5. The van der Waals surface area contributed by atoms with Crippen LogP contribution in [-0.4, -0.2) is 36.8 Å². The van der Waals surface area contributed by atoms with Crippen LogP contribution in [0.15, 0.2) is 23.1 Å². The Labute approximate surface area is 204 Å². The minimum Gasteiger partial charge on any atom is -0.373 e. The molecule has 4 aliphatic rings. The molecule has 7 nitrogen and oxygen atoms in total. The van der Waals surface area contributed by atoms with Gasteiger partial charge < -0.3 is 9.30 Å². The molecule has 0 amide bonds. The van der Waals surface area contributed by atoms with Gasteiger partial charge in [0.15, 0.2) is 5.65 Å². The highest BCUT2D eigenvalue weighted by atomic mass is 19.1. The van der Waals surface area contributed by atoms with E-state index in [9.17, 15) is 9.18 Å². The Bertz CT molecular complexity index is 1390. The molecule has 2 atom stereocenters. The van der Waals surface area contributed by atoms with Gasteiger partial charge in [-0.1, -0.05) is 0 Å². The average molecular weight is 478 g/mol. The Morgan fingerprint density at radius 2 is 1.80 bits per heavy atom. The van der Waals surface area contributed by atoms with Crippen molar-refractivity contribution in [2.45, 2.75) is 82.9 Å². The Morgan fingerprint density at radius 3 is 2.49 bits per heavy atom. The maximum absolute atomic E-state index is 14.9. The number of nitrogens with zero attached hydrogens (tertiary/aromatic N) is 5. The van der Waals surface area contributed by atoms with Crippen molar-refractivity contribution < 1.29 is 9.13 Å². The third-order valence-corrected chi connectivity index (χ3v) is 8.88. The van der Waals surface area contributed by atoms with Crippen LogP contribution in [0, 0.1) is 19.3 Å². The number of alkyl halides is 1. The van der Waals surface area contributed by atoms with Gasteiger partial charge in [-0.3, -0.25) is 4.79 Å². The maximum atomic E-state index is 14.9. The van der Waals surface area contributed by atoms with Crippen molar-refractivity contribution in [1.29, 1.82) is 0 Å². The van der Waals surface area contributed by atoms with E-state index in [1.807, 2.05) is 26.1 Å². The summed E-state index contributed by atoms with van der Waals surface area (Å²) in [6.07, 6.45) is 5.68. The van der Waals surface area contributed by atoms with E-state index in [-0.39, 0.29) is 28.4 Å². The van der Waals surface area contributed by atoms with E-state index >= 15 is 0 Å². The Kier molecular flexibility index (Phi) is 4.79. The van der Waals surface area contributed by atoms with Crippen LogP contribution in [0.1, 0.15) is 86.4 Å².